The van der Waals surface area contributed by atoms with Gasteiger partial charge in [-0.15, -0.1) is 0 Å². The molecule has 176 valence electrons. The molecule has 9 nitrogen and oxygen atoms in total. The number of ether oxygens (including phenoxy) is 1. The predicted octanol–water partition coefficient (Wildman–Crippen LogP) is 2.89. The van der Waals surface area contributed by atoms with E-state index in [9.17, 15) is 9.90 Å². The number of fused-ring (bicyclic) bond motifs is 1. The molecule has 0 bridgehead atoms. The van der Waals surface area contributed by atoms with E-state index in [-0.39, 0.29) is 11.7 Å². The van der Waals surface area contributed by atoms with Crippen molar-refractivity contribution in [2.45, 2.75) is 33.1 Å². The molecule has 4 rings (SSSR count). The van der Waals surface area contributed by atoms with Crippen LogP contribution in [0.4, 0.5) is 11.5 Å². The number of phenols is 1. The Kier molecular flexibility index (Phi) is 7.41. The summed E-state index contributed by atoms with van der Waals surface area (Å²) in [4.78, 5) is 19.8. The summed E-state index contributed by atoms with van der Waals surface area (Å²) in [5, 5.41) is 20.7. The van der Waals surface area contributed by atoms with Gasteiger partial charge in [0, 0.05) is 37.6 Å². The van der Waals surface area contributed by atoms with Crippen LogP contribution in [0.2, 0.25) is 0 Å². The van der Waals surface area contributed by atoms with Crippen LogP contribution in [0.15, 0.2) is 30.7 Å². The molecule has 0 radical (unpaired) electrons. The van der Waals surface area contributed by atoms with Crippen LogP contribution >= 0.6 is 0 Å². The largest absolute Gasteiger partial charge is 0.508 e. The first kappa shape index (κ1) is 23.0. The molecule has 33 heavy (non-hydrogen) atoms. The summed E-state index contributed by atoms with van der Waals surface area (Å²) in [6, 6.07) is 5.40. The molecule has 3 aromatic rings. The number of carbonyl (C=O) groups is 1. The van der Waals surface area contributed by atoms with E-state index < -0.39 is 0 Å². The number of aromatic hydroxyl groups is 1. The summed E-state index contributed by atoms with van der Waals surface area (Å²) in [6.45, 7) is 8.97. The third-order valence-electron chi connectivity index (χ3n) is 5.94. The molecule has 1 aliphatic heterocycles. The first-order chi connectivity index (χ1) is 16.1. The molecule has 1 amide bonds. The number of phenolic OH excluding ortho intramolecular Hbond substituents is 1. The average Bonchev–Trinajstić information content (AvgIpc) is 3.19. The number of hydrogen-bond donors (Lipinski definition) is 3. The monoisotopic (exact) mass is 452 g/mol. The summed E-state index contributed by atoms with van der Waals surface area (Å²) in [6.07, 6.45) is 5.75. The summed E-state index contributed by atoms with van der Waals surface area (Å²) < 4.78 is 7.09. The molecule has 0 spiro atoms. The summed E-state index contributed by atoms with van der Waals surface area (Å²) >= 11 is 0. The van der Waals surface area contributed by atoms with E-state index in [0.717, 1.165) is 74.4 Å². The normalized spacial score (nSPS) is 14.5. The second-order valence-corrected chi connectivity index (χ2v) is 8.36. The molecule has 0 saturated carbocycles. The number of benzene rings is 1. The van der Waals surface area contributed by atoms with Crippen molar-refractivity contribution in [3.05, 3.63) is 47.4 Å². The number of morpholine rings is 1. The maximum atomic E-state index is 13.1. The number of rotatable bonds is 9. The zero-order chi connectivity index (χ0) is 23.2. The van der Waals surface area contributed by atoms with E-state index in [2.05, 4.69) is 32.5 Å². The van der Waals surface area contributed by atoms with Gasteiger partial charge in [0.1, 0.15) is 17.6 Å². The van der Waals surface area contributed by atoms with Crippen molar-refractivity contribution in [3.63, 3.8) is 0 Å². The molecule has 0 atom stereocenters. The molecular formula is C24H32N6O3. The van der Waals surface area contributed by atoms with Gasteiger partial charge in [0.05, 0.1) is 18.8 Å². The summed E-state index contributed by atoms with van der Waals surface area (Å²) in [7, 11) is 0. The van der Waals surface area contributed by atoms with Gasteiger partial charge in [-0.3, -0.25) is 9.69 Å². The van der Waals surface area contributed by atoms with E-state index >= 15 is 0 Å². The third-order valence-corrected chi connectivity index (χ3v) is 5.94. The average molecular weight is 453 g/mol. The van der Waals surface area contributed by atoms with Gasteiger partial charge in [0.2, 0.25) is 0 Å². The maximum absolute atomic E-state index is 13.1. The molecule has 1 fully saturated rings. The Labute approximate surface area is 193 Å². The Morgan fingerprint density at radius 1 is 1.27 bits per heavy atom. The molecule has 0 aliphatic carbocycles. The fraction of sp³-hybridized carbons (Fsp3) is 0.458. The van der Waals surface area contributed by atoms with Gasteiger partial charge in [-0.05, 0) is 43.5 Å². The zero-order valence-electron chi connectivity index (χ0n) is 19.3. The fourth-order valence-electron chi connectivity index (χ4n) is 4.11. The Morgan fingerprint density at radius 3 is 2.85 bits per heavy atom. The maximum Gasteiger partial charge on any atom is 0.253 e. The fourth-order valence-corrected chi connectivity index (χ4v) is 4.11. The second-order valence-electron chi connectivity index (χ2n) is 8.36. The van der Waals surface area contributed by atoms with E-state index in [0.29, 0.717) is 17.9 Å². The highest BCUT2D eigenvalue weighted by Gasteiger charge is 2.20. The van der Waals surface area contributed by atoms with Crippen LogP contribution < -0.4 is 10.6 Å². The number of aryl methyl sites for hydroxylation is 2. The van der Waals surface area contributed by atoms with Crippen LogP contribution in [0.3, 0.4) is 0 Å². The number of anilines is 2. The lowest BCUT2D eigenvalue weighted by Gasteiger charge is -2.26. The molecule has 1 aromatic carbocycles. The number of nitrogens with one attached hydrogen (secondary N) is 2. The first-order valence-electron chi connectivity index (χ1n) is 11.6. The molecular weight excluding hydrogens is 420 g/mol. The topological polar surface area (TPSA) is 104 Å². The van der Waals surface area contributed by atoms with Gasteiger partial charge < -0.3 is 20.5 Å². The van der Waals surface area contributed by atoms with E-state index in [1.54, 1.807) is 16.8 Å². The van der Waals surface area contributed by atoms with Crippen LogP contribution in [-0.2, 0) is 11.2 Å². The van der Waals surface area contributed by atoms with Crippen LogP contribution in [0.1, 0.15) is 41.3 Å². The van der Waals surface area contributed by atoms with Crippen molar-refractivity contribution in [1.29, 1.82) is 0 Å². The van der Waals surface area contributed by atoms with Gasteiger partial charge >= 0.3 is 0 Å². The Morgan fingerprint density at radius 2 is 2.09 bits per heavy atom. The van der Waals surface area contributed by atoms with E-state index in [4.69, 9.17) is 4.74 Å². The van der Waals surface area contributed by atoms with Crippen molar-refractivity contribution in [3.8, 4) is 5.75 Å². The highest BCUT2D eigenvalue weighted by atomic mass is 16.5. The Bertz CT molecular complexity index is 1110. The number of hydrogen-bond acceptors (Lipinski definition) is 7. The number of nitrogens with zero attached hydrogens (tertiary/aromatic N) is 4. The van der Waals surface area contributed by atoms with Gasteiger partial charge in [0.15, 0.2) is 5.82 Å². The standard InChI is InChI=1S/C24H32N6O3/c1-3-5-19-20(24(32)25-8-4-9-29-10-12-33-13-11-29)15-30-22(19)23(26-16-27-30)28-18-7-6-17(2)21(31)14-18/h6-7,14-16,31H,3-5,8-13H2,1-2H3,(H,25,32)(H,26,27,28). The van der Waals surface area contributed by atoms with Crippen LogP contribution in [0.25, 0.3) is 5.52 Å². The molecule has 3 N–H and O–H groups in total. The van der Waals surface area contributed by atoms with Crippen LogP contribution in [-0.4, -0.2) is 69.9 Å². The van der Waals surface area contributed by atoms with Crippen molar-refractivity contribution >= 4 is 22.9 Å². The predicted molar refractivity (Wildman–Crippen MR) is 127 cm³/mol. The van der Waals surface area contributed by atoms with E-state index in [1.807, 2.05) is 19.1 Å². The van der Waals surface area contributed by atoms with Gasteiger partial charge in [-0.1, -0.05) is 19.4 Å². The lowest BCUT2D eigenvalue weighted by atomic mass is 10.1. The molecule has 2 aromatic heterocycles. The molecule has 1 saturated heterocycles. The second kappa shape index (κ2) is 10.6. The lowest BCUT2D eigenvalue weighted by Crippen LogP contribution is -2.38. The number of aromatic nitrogens is 3. The first-order valence-corrected chi connectivity index (χ1v) is 11.6. The lowest BCUT2D eigenvalue weighted by molar-refractivity contribution is 0.0374. The van der Waals surface area contributed by atoms with Gasteiger partial charge in [-0.25, -0.2) is 9.50 Å². The minimum absolute atomic E-state index is 0.0927. The van der Waals surface area contributed by atoms with Gasteiger partial charge in [-0.2, -0.15) is 5.10 Å². The highest BCUT2D eigenvalue weighted by Crippen LogP contribution is 2.29. The molecule has 3 heterocycles. The van der Waals surface area contributed by atoms with Crippen LogP contribution in [0, 0.1) is 6.92 Å². The zero-order valence-corrected chi connectivity index (χ0v) is 19.3. The van der Waals surface area contributed by atoms with Crippen molar-refractivity contribution in [2.24, 2.45) is 0 Å². The minimum atomic E-state index is -0.0927. The Hall–Kier alpha value is -3.17. The highest BCUT2D eigenvalue weighted by molar-refractivity contribution is 5.99. The number of carbonyl (C=O) groups excluding carboxylic acids is 1. The van der Waals surface area contributed by atoms with E-state index in [1.165, 1.54) is 6.33 Å². The van der Waals surface area contributed by atoms with Gasteiger partial charge in [0.25, 0.3) is 5.91 Å². The molecule has 9 heteroatoms. The van der Waals surface area contributed by atoms with Crippen molar-refractivity contribution < 1.29 is 14.6 Å². The number of amides is 1. The molecule has 0 unspecified atom stereocenters. The van der Waals surface area contributed by atoms with Crippen molar-refractivity contribution in [2.75, 3.05) is 44.7 Å². The third kappa shape index (κ3) is 5.43. The SMILES string of the molecule is CCCc1c(C(=O)NCCCN2CCOCC2)cn2ncnc(Nc3ccc(C)c(O)c3)c12. The smallest absolute Gasteiger partial charge is 0.253 e. The molecule has 1 aliphatic rings. The quantitative estimate of drug-likeness (QED) is 0.429. The minimum Gasteiger partial charge on any atom is -0.508 e. The summed E-state index contributed by atoms with van der Waals surface area (Å²) in [5.74, 6) is 0.722. The van der Waals surface area contributed by atoms with Crippen LogP contribution in [0.5, 0.6) is 5.75 Å². The Balaban J connectivity index is 1.51. The van der Waals surface area contributed by atoms with Crippen molar-refractivity contribution in [1.82, 2.24) is 24.8 Å². The summed E-state index contributed by atoms with van der Waals surface area (Å²) in [5.41, 5.74) is 3.84.